The van der Waals surface area contributed by atoms with Crippen LogP contribution in [-0.2, 0) is 16.4 Å². The highest BCUT2D eigenvalue weighted by Crippen LogP contribution is 2.25. The molecule has 1 aromatic heterocycles. The number of sulfonamides is 1. The van der Waals surface area contributed by atoms with Crippen molar-refractivity contribution in [1.82, 2.24) is 9.29 Å². The van der Waals surface area contributed by atoms with Gasteiger partial charge in [-0.05, 0) is 55.6 Å². The lowest BCUT2D eigenvalue weighted by Gasteiger charge is -2.23. The molecule has 0 aliphatic heterocycles. The Kier molecular flexibility index (Phi) is 8.94. The van der Waals surface area contributed by atoms with Gasteiger partial charge in [-0.1, -0.05) is 24.3 Å². The van der Waals surface area contributed by atoms with Gasteiger partial charge in [0, 0.05) is 36.3 Å². The number of fused-ring (bicyclic) bond motifs is 1. The fourth-order valence-electron chi connectivity index (χ4n) is 3.40. The third-order valence-corrected chi connectivity index (χ3v) is 6.87. The quantitative estimate of drug-likeness (QED) is 0.476. The SMILES string of the molecule is Cl.NCCCN(CCCc1cccc(C(=O)O)c1)S(=O)(=O)c1cccc2cnccc12. The van der Waals surface area contributed by atoms with E-state index in [9.17, 15) is 13.2 Å². The van der Waals surface area contributed by atoms with Gasteiger partial charge < -0.3 is 10.8 Å². The van der Waals surface area contributed by atoms with Gasteiger partial charge in [-0.15, -0.1) is 12.4 Å². The molecule has 31 heavy (non-hydrogen) atoms. The summed E-state index contributed by atoms with van der Waals surface area (Å²) in [7, 11) is -3.72. The van der Waals surface area contributed by atoms with Gasteiger partial charge in [0.25, 0.3) is 0 Å². The number of nitrogens with two attached hydrogens (primary N) is 1. The molecule has 0 saturated carbocycles. The summed E-state index contributed by atoms with van der Waals surface area (Å²) in [5.74, 6) is -0.977. The number of aromatic carboxylic acids is 1. The van der Waals surface area contributed by atoms with Gasteiger partial charge in [0.2, 0.25) is 10.0 Å². The molecule has 0 radical (unpaired) electrons. The third kappa shape index (κ3) is 6.01. The lowest BCUT2D eigenvalue weighted by Crippen LogP contribution is -2.34. The molecule has 0 amide bonds. The van der Waals surface area contributed by atoms with E-state index < -0.39 is 16.0 Å². The maximum Gasteiger partial charge on any atom is 0.335 e. The third-order valence-electron chi connectivity index (χ3n) is 4.92. The zero-order valence-corrected chi connectivity index (χ0v) is 18.6. The number of pyridine rings is 1. The van der Waals surface area contributed by atoms with Crippen molar-refractivity contribution in [3.8, 4) is 0 Å². The standard InChI is InChI=1S/C22H25N3O4S.ClH/c23-11-4-14-25(13-3-6-17-5-1-7-18(15-17)22(26)27)30(28,29)21-9-2-8-19-16-24-12-10-20(19)21;/h1-2,5,7-10,12,15-16H,3-4,6,11,13-14,23H2,(H,26,27);1H. The molecule has 7 nitrogen and oxygen atoms in total. The van der Waals surface area contributed by atoms with Crippen LogP contribution in [0.15, 0.2) is 65.8 Å². The second-order valence-corrected chi connectivity index (χ2v) is 8.91. The number of carboxylic acid groups (broad SMARTS) is 1. The number of carbonyl (C=O) groups is 1. The Morgan fingerprint density at radius 2 is 1.81 bits per heavy atom. The number of aryl methyl sites for hydroxylation is 1. The molecule has 3 aromatic rings. The molecule has 2 aromatic carbocycles. The molecular formula is C22H26ClN3O4S. The van der Waals surface area contributed by atoms with Crippen LogP contribution in [0.2, 0.25) is 0 Å². The number of aromatic nitrogens is 1. The Bertz CT molecular complexity index is 1130. The minimum absolute atomic E-state index is 0. The molecule has 1 heterocycles. The average molecular weight is 464 g/mol. The predicted octanol–water partition coefficient (Wildman–Crippen LogP) is 3.33. The molecule has 0 unspecified atom stereocenters. The molecular weight excluding hydrogens is 438 g/mol. The van der Waals surface area contributed by atoms with E-state index in [1.54, 1.807) is 48.8 Å². The van der Waals surface area contributed by atoms with Gasteiger partial charge >= 0.3 is 5.97 Å². The van der Waals surface area contributed by atoms with Gasteiger partial charge in [-0.25, -0.2) is 13.2 Å². The molecule has 0 atom stereocenters. The average Bonchev–Trinajstić information content (AvgIpc) is 2.75. The van der Waals surface area contributed by atoms with Crippen molar-refractivity contribution in [1.29, 1.82) is 0 Å². The number of halogens is 1. The van der Waals surface area contributed by atoms with Crippen molar-refractivity contribution in [2.45, 2.75) is 24.2 Å². The maximum atomic E-state index is 13.4. The molecule has 9 heteroatoms. The summed E-state index contributed by atoms with van der Waals surface area (Å²) in [6.45, 7) is 1.04. The normalized spacial score (nSPS) is 11.4. The van der Waals surface area contributed by atoms with Crippen molar-refractivity contribution in [3.63, 3.8) is 0 Å². The van der Waals surface area contributed by atoms with E-state index in [1.165, 1.54) is 4.31 Å². The molecule has 0 aliphatic rings. The van der Waals surface area contributed by atoms with Crippen LogP contribution in [0.4, 0.5) is 0 Å². The Morgan fingerprint density at radius 3 is 2.55 bits per heavy atom. The van der Waals surface area contributed by atoms with E-state index in [0.717, 1.165) is 10.9 Å². The summed E-state index contributed by atoms with van der Waals surface area (Å²) in [6, 6.07) is 13.6. The molecule has 0 saturated heterocycles. The highest BCUT2D eigenvalue weighted by molar-refractivity contribution is 7.89. The van der Waals surface area contributed by atoms with Gasteiger partial charge in [0.15, 0.2) is 0 Å². The van der Waals surface area contributed by atoms with E-state index in [-0.39, 0.29) is 22.9 Å². The summed E-state index contributed by atoms with van der Waals surface area (Å²) < 4.78 is 28.3. The van der Waals surface area contributed by atoms with E-state index in [0.29, 0.717) is 44.3 Å². The van der Waals surface area contributed by atoms with Crippen molar-refractivity contribution >= 4 is 39.2 Å². The van der Waals surface area contributed by atoms with Gasteiger partial charge in [-0.2, -0.15) is 4.31 Å². The van der Waals surface area contributed by atoms with Crippen LogP contribution in [0.25, 0.3) is 10.8 Å². The second kappa shape index (κ2) is 11.2. The fraction of sp³-hybridized carbons (Fsp3) is 0.273. The Balaban J connectivity index is 0.00000341. The first-order chi connectivity index (χ1) is 14.4. The smallest absolute Gasteiger partial charge is 0.335 e. The zero-order chi connectivity index (χ0) is 21.6. The number of carboxylic acids is 1. The summed E-state index contributed by atoms with van der Waals surface area (Å²) in [5.41, 5.74) is 6.72. The zero-order valence-electron chi connectivity index (χ0n) is 17.0. The summed E-state index contributed by atoms with van der Waals surface area (Å²) in [4.78, 5) is 15.5. The van der Waals surface area contributed by atoms with Crippen LogP contribution < -0.4 is 5.73 Å². The van der Waals surface area contributed by atoms with Gasteiger partial charge in [0.05, 0.1) is 10.5 Å². The lowest BCUT2D eigenvalue weighted by atomic mass is 10.1. The number of nitrogens with zero attached hydrogens (tertiary/aromatic N) is 2. The first-order valence-corrected chi connectivity index (χ1v) is 11.2. The van der Waals surface area contributed by atoms with E-state index in [2.05, 4.69) is 4.98 Å². The van der Waals surface area contributed by atoms with Crippen LogP contribution in [-0.4, -0.2) is 48.4 Å². The molecule has 3 N–H and O–H groups in total. The van der Waals surface area contributed by atoms with Crippen molar-refractivity contribution in [2.75, 3.05) is 19.6 Å². The van der Waals surface area contributed by atoms with E-state index >= 15 is 0 Å². The molecule has 166 valence electrons. The summed E-state index contributed by atoms with van der Waals surface area (Å²) in [5, 5.41) is 10.5. The minimum Gasteiger partial charge on any atom is -0.478 e. The predicted molar refractivity (Wildman–Crippen MR) is 123 cm³/mol. The highest BCUT2D eigenvalue weighted by atomic mass is 35.5. The van der Waals surface area contributed by atoms with Gasteiger partial charge in [-0.3, -0.25) is 4.98 Å². The topological polar surface area (TPSA) is 114 Å². The van der Waals surface area contributed by atoms with E-state index in [4.69, 9.17) is 10.8 Å². The van der Waals surface area contributed by atoms with Crippen molar-refractivity contribution in [3.05, 3.63) is 72.1 Å². The van der Waals surface area contributed by atoms with Crippen LogP contribution in [0, 0.1) is 0 Å². The van der Waals surface area contributed by atoms with Gasteiger partial charge in [0.1, 0.15) is 0 Å². The molecule has 0 aliphatic carbocycles. The number of benzene rings is 2. The number of rotatable bonds is 10. The fourth-order valence-corrected chi connectivity index (χ4v) is 5.13. The number of hydrogen-bond donors (Lipinski definition) is 2. The Morgan fingerprint density at radius 1 is 1.06 bits per heavy atom. The van der Waals surface area contributed by atoms with E-state index in [1.807, 2.05) is 12.1 Å². The summed E-state index contributed by atoms with van der Waals surface area (Å²) >= 11 is 0. The van der Waals surface area contributed by atoms with Crippen LogP contribution in [0.3, 0.4) is 0 Å². The molecule has 3 rings (SSSR count). The van der Waals surface area contributed by atoms with Crippen LogP contribution in [0.1, 0.15) is 28.8 Å². The minimum atomic E-state index is -3.72. The Hall–Kier alpha value is -2.52. The molecule has 0 spiro atoms. The molecule has 0 bridgehead atoms. The monoisotopic (exact) mass is 463 g/mol. The first kappa shape index (κ1) is 24.7. The van der Waals surface area contributed by atoms with Crippen LogP contribution >= 0.6 is 12.4 Å². The highest BCUT2D eigenvalue weighted by Gasteiger charge is 2.25. The van der Waals surface area contributed by atoms with Crippen molar-refractivity contribution in [2.24, 2.45) is 5.73 Å². The second-order valence-electron chi connectivity index (χ2n) is 7.01. The summed E-state index contributed by atoms with van der Waals surface area (Å²) in [6.07, 6.45) is 4.93. The molecule has 0 fully saturated rings. The largest absolute Gasteiger partial charge is 0.478 e. The Labute approximate surface area is 188 Å². The first-order valence-electron chi connectivity index (χ1n) is 9.78. The number of hydrogen-bond acceptors (Lipinski definition) is 5. The lowest BCUT2D eigenvalue weighted by molar-refractivity contribution is 0.0696. The van der Waals surface area contributed by atoms with Crippen molar-refractivity contribution < 1.29 is 18.3 Å². The van der Waals surface area contributed by atoms with Crippen LogP contribution in [0.5, 0.6) is 0 Å². The maximum absolute atomic E-state index is 13.4.